The fourth-order valence-electron chi connectivity index (χ4n) is 2.18. The van der Waals surface area contributed by atoms with Crippen LogP contribution in [0.2, 0.25) is 0 Å². The first-order valence-electron chi connectivity index (χ1n) is 6.62. The van der Waals surface area contributed by atoms with Crippen molar-refractivity contribution in [2.75, 3.05) is 25.4 Å². The minimum Gasteiger partial charge on any atom is -0.399 e. The van der Waals surface area contributed by atoms with Gasteiger partial charge in [0.25, 0.3) is 0 Å². The van der Waals surface area contributed by atoms with Crippen LogP contribution in [0.4, 0.5) is 5.69 Å². The van der Waals surface area contributed by atoms with E-state index in [-0.39, 0.29) is 10.8 Å². The third-order valence-corrected chi connectivity index (χ3v) is 4.70. The Morgan fingerprint density at radius 2 is 2.15 bits per heavy atom. The van der Waals surface area contributed by atoms with Crippen molar-refractivity contribution in [2.24, 2.45) is 0 Å². The maximum Gasteiger partial charge on any atom is 0.240 e. The number of benzene rings is 1. The lowest BCUT2D eigenvalue weighted by atomic mass is 10.3. The molecule has 1 saturated heterocycles. The molecule has 6 nitrogen and oxygen atoms in total. The number of anilines is 1. The van der Waals surface area contributed by atoms with Crippen molar-refractivity contribution >= 4 is 21.6 Å². The number of amides is 1. The van der Waals surface area contributed by atoms with E-state index in [1.165, 1.54) is 12.1 Å². The van der Waals surface area contributed by atoms with Gasteiger partial charge >= 0.3 is 0 Å². The molecule has 1 aromatic carbocycles. The lowest BCUT2D eigenvalue weighted by molar-refractivity contribution is -0.127. The van der Waals surface area contributed by atoms with E-state index in [4.69, 9.17) is 5.73 Å². The van der Waals surface area contributed by atoms with Gasteiger partial charge in [0.15, 0.2) is 0 Å². The van der Waals surface area contributed by atoms with Crippen LogP contribution < -0.4 is 10.5 Å². The van der Waals surface area contributed by atoms with Gasteiger partial charge in [0.2, 0.25) is 15.9 Å². The summed E-state index contributed by atoms with van der Waals surface area (Å²) < 4.78 is 26.5. The van der Waals surface area contributed by atoms with E-state index in [9.17, 15) is 13.2 Å². The molecule has 1 aliphatic heterocycles. The molecule has 0 spiro atoms. The number of nitrogen functional groups attached to an aromatic ring is 1. The first-order valence-corrected chi connectivity index (χ1v) is 8.10. The van der Waals surface area contributed by atoms with Gasteiger partial charge in [0.1, 0.15) is 0 Å². The Kier molecular flexibility index (Phi) is 4.61. The van der Waals surface area contributed by atoms with E-state index >= 15 is 0 Å². The maximum atomic E-state index is 12.0. The predicted molar refractivity (Wildman–Crippen MR) is 76.5 cm³/mol. The zero-order valence-electron chi connectivity index (χ0n) is 11.2. The molecule has 2 rings (SSSR count). The number of carbonyl (C=O) groups is 1. The Morgan fingerprint density at radius 3 is 2.80 bits per heavy atom. The molecule has 1 aromatic rings. The average Bonchev–Trinajstić information content (AvgIpc) is 2.80. The number of hydrogen-bond acceptors (Lipinski definition) is 4. The van der Waals surface area contributed by atoms with Crippen molar-refractivity contribution in [3.63, 3.8) is 0 Å². The molecule has 110 valence electrons. The molecule has 0 bridgehead atoms. The van der Waals surface area contributed by atoms with E-state index in [0.717, 1.165) is 13.0 Å². The zero-order valence-corrected chi connectivity index (χ0v) is 12.0. The highest BCUT2D eigenvalue weighted by molar-refractivity contribution is 7.89. The molecule has 1 heterocycles. The molecule has 1 fully saturated rings. The number of hydrogen-bond donors (Lipinski definition) is 2. The third-order valence-electron chi connectivity index (χ3n) is 3.24. The van der Waals surface area contributed by atoms with Crippen molar-refractivity contribution in [1.82, 2.24) is 9.62 Å². The van der Waals surface area contributed by atoms with Gasteiger partial charge in [-0.3, -0.25) is 4.79 Å². The van der Waals surface area contributed by atoms with Crippen LogP contribution in [-0.4, -0.2) is 38.9 Å². The molecule has 3 N–H and O–H groups in total. The molecular formula is C13H19N3O3S. The standard InChI is InChI=1S/C13H19N3O3S/c14-11-4-1-5-12(10-11)20(18,19)15-7-3-9-16-8-2-6-13(16)17/h1,4-5,10,15H,2-3,6-9,14H2. The van der Waals surface area contributed by atoms with Gasteiger partial charge in [-0.25, -0.2) is 13.1 Å². The monoisotopic (exact) mass is 297 g/mol. The zero-order chi connectivity index (χ0) is 14.6. The molecule has 0 radical (unpaired) electrons. The Labute approximate surface area is 119 Å². The number of nitrogens with one attached hydrogen (secondary N) is 1. The molecule has 0 atom stereocenters. The number of nitrogens with two attached hydrogens (primary N) is 1. The number of carbonyl (C=O) groups excluding carboxylic acids is 1. The van der Waals surface area contributed by atoms with Crippen LogP contribution in [0.5, 0.6) is 0 Å². The molecular weight excluding hydrogens is 278 g/mol. The second-order valence-electron chi connectivity index (χ2n) is 4.81. The summed E-state index contributed by atoms with van der Waals surface area (Å²) in [4.78, 5) is 13.3. The van der Waals surface area contributed by atoms with Crippen molar-refractivity contribution in [2.45, 2.75) is 24.2 Å². The van der Waals surface area contributed by atoms with Crippen molar-refractivity contribution in [1.29, 1.82) is 0 Å². The summed E-state index contributed by atoms with van der Waals surface area (Å²) in [6.45, 7) is 1.68. The highest BCUT2D eigenvalue weighted by Gasteiger charge is 2.19. The van der Waals surface area contributed by atoms with Crippen LogP contribution in [0.25, 0.3) is 0 Å². The molecule has 1 aliphatic rings. The Bertz CT molecular complexity index is 586. The van der Waals surface area contributed by atoms with Gasteiger partial charge in [-0.2, -0.15) is 0 Å². The quantitative estimate of drug-likeness (QED) is 0.593. The van der Waals surface area contributed by atoms with Crippen LogP contribution in [0.1, 0.15) is 19.3 Å². The summed E-state index contributed by atoms with van der Waals surface area (Å²) in [5.74, 6) is 0.156. The fraction of sp³-hybridized carbons (Fsp3) is 0.462. The second-order valence-corrected chi connectivity index (χ2v) is 6.58. The van der Waals surface area contributed by atoms with E-state index in [1.54, 1.807) is 17.0 Å². The van der Waals surface area contributed by atoms with Crippen molar-refractivity contribution < 1.29 is 13.2 Å². The molecule has 0 unspecified atom stereocenters. The number of rotatable bonds is 6. The topological polar surface area (TPSA) is 92.5 Å². The molecule has 0 saturated carbocycles. The largest absolute Gasteiger partial charge is 0.399 e. The lowest BCUT2D eigenvalue weighted by Crippen LogP contribution is -2.30. The lowest BCUT2D eigenvalue weighted by Gasteiger charge is -2.15. The fourth-order valence-corrected chi connectivity index (χ4v) is 3.31. The number of likely N-dealkylation sites (tertiary alicyclic amines) is 1. The first kappa shape index (κ1) is 14.8. The summed E-state index contributed by atoms with van der Waals surface area (Å²) >= 11 is 0. The molecule has 20 heavy (non-hydrogen) atoms. The summed E-state index contributed by atoms with van der Waals surface area (Å²) in [5, 5.41) is 0. The van der Waals surface area contributed by atoms with E-state index in [0.29, 0.717) is 31.6 Å². The third kappa shape index (κ3) is 3.71. The van der Waals surface area contributed by atoms with Crippen LogP contribution in [0.3, 0.4) is 0 Å². The summed E-state index contributed by atoms with van der Waals surface area (Å²) in [6, 6.07) is 6.17. The average molecular weight is 297 g/mol. The highest BCUT2D eigenvalue weighted by Crippen LogP contribution is 2.13. The smallest absolute Gasteiger partial charge is 0.240 e. The van der Waals surface area contributed by atoms with Crippen LogP contribution in [0, 0.1) is 0 Å². The van der Waals surface area contributed by atoms with Crippen molar-refractivity contribution in [3.8, 4) is 0 Å². The number of sulfonamides is 1. The Balaban J connectivity index is 1.82. The van der Waals surface area contributed by atoms with Gasteiger partial charge in [0.05, 0.1) is 4.90 Å². The van der Waals surface area contributed by atoms with Gasteiger partial charge in [-0.15, -0.1) is 0 Å². The maximum absolute atomic E-state index is 12.0. The van der Waals surface area contributed by atoms with Crippen molar-refractivity contribution in [3.05, 3.63) is 24.3 Å². The van der Waals surface area contributed by atoms with E-state index in [1.807, 2.05) is 0 Å². The van der Waals surface area contributed by atoms with Gasteiger partial charge in [-0.1, -0.05) is 6.07 Å². The van der Waals surface area contributed by atoms with E-state index in [2.05, 4.69) is 4.72 Å². The molecule has 1 amide bonds. The summed E-state index contributed by atoms with van der Waals surface area (Å²) in [6.07, 6.45) is 2.11. The minimum absolute atomic E-state index is 0.156. The predicted octanol–water partition coefficient (Wildman–Crippen LogP) is 0.560. The van der Waals surface area contributed by atoms with Crippen LogP contribution in [0.15, 0.2) is 29.2 Å². The second kappa shape index (κ2) is 6.23. The minimum atomic E-state index is -3.53. The Morgan fingerprint density at radius 1 is 1.35 bits per heavy atom. The van der Waals surface area contributed by atoms with Gasteiger partial charge in [-0.05, 0) is 31.0 Å². The Hall–Kier alpha value is -1.60. The highest BCUT2D eigenvalue weighted by atomic mass is 32.2. The van der Waals surface area contributed by atoms with Gasteiger partial charge < -0.3 is 10.6 Å². The van der Waals surface area contributed by atoms with E-state index < -0.39 is 10.0 Å². The van der Waals surface area contributed by atoms with Crippen LogP contribution in [-0.2, 0) is 14.8 Å². The summed E-state index contributed by atoms with van der Waals surface area (Å²) in [5.41, 5.74) is 5.98. The SMILES string of the molecule is Nc1cccc(S(=O)(=O)NCCCN2CCCC2=O)c1. The number of nitrogens with zero attached hydrogens (tertiary/aromatic N) is 1. The van der Waals surface area contributed by atoms with Gasteiger partial charge in [0, 0.05) is 31.7 Å². The molecule has 7 heteroatoms. The first-order chi connectivity index (χ1) is 9.49. The molecule has 0 aromatic heterocycles. The van der Waals surface area contributed by atoms with Crippen LogP contribution >= 0.6 is 0 Å². The normalized spacial score (nSPS) is 15.8. The molecule has 0 aliphatic carbocycles. The summed E-state index contributed by atoms with van der Waals surface area (Å²) in [7, 11) is -3.53.